The van der Waals surface area contributed by atoms with Gasteiger partial charge in [0.25, 0.3) is 0 Å². The monoisotopic (exact) mass is 446 g/mol. The minimum Gasteiger partial charge on any atom is -0.508 e. The minimum absolute atomic E-state index is 0.288. The summed E-state index contributed by atoms with van der Waals surface area (Å²) in [4.78, 5) is 0. The van der Waals surface area contributed by atoms with Crippen LogP contribution in [0.2, 0.25) is 0 Å². The summed E-state index contributed by atoms with van der Waals surface area (Å²) in [5, 5.41) is 21.3. The van der Waals surface area contributed by atoms with E-state index in [4.69, 9.17) is 0 Å². The lowest BCUT2D eigenvalue weighted by atomic mass is 9.87. The maximum atomic E-state index is 11.0. The quantitative estimate of drug-likeness (QED) is 0.154. The van der Waals surface area contributed by atoms with Crippen molar-refractivity contribution in [2.75, 3.05) is 0 Å². The number of unbranched alkanes of at least 4 members (excludes halogenated alkanes) is 14. The van der Waals surface area contributed by atoms with Crippen molar-refractivity contribution < 1.29 is 10.2 Å². The molecule has 0 heterocycles. The van der Waals surface area contributed by atoms with Crippen LogP contribution in [-0.4, -0.2) is 10.2 Å². The van der Waals surface area contributed by atoms with Crippen molar-refractivity contribution in [2.45, 2.75) is 155 Å². The number of benzene rings is 1. The molecule has 0 aliphatic rings. The third kappa shape index (κ3) is 12.2. The van der Waals surface area contributed by atoms with Gasteiger partial charge in [-0.2, -0.15) is 0 Å². The van der Waals surface area contributed by atoms with Crippen LogP contribution in [0, 0.1) is 0 Å². The van der Waals surface area contributed by atoms with Gasteiger partial charge in [-0.15, -0.1) is 0 Å². The van der Waals surface area contributed by atoms with Crippen LogP contribution in [-0.2, 0) is 0 Å². The fourth-order valence-electron chi connectivity index (χ4n) is 4.89. The maximum absolute atomic E-state index is 11.0. The first-order valence-corrected chi connectivity index (χ1v) is 14.1. The molecule has 0 amide bonds. The van der Waals surface area contributed by atoms with E-state index >= 15 is 0 Å². The number of phenolic OH excluding ortho intramolecular Hbond substituents is 2. The van der Waals surface area contributed by atoms with Crippen LogP contribution in [0.25, 0.3) is 0 Å². The SMILES string of the molecule is CCCCCCCCCCC(C)c1cc(O)cc(C(C)CCCCCCCCCC)c1O. The molecule has 0 saturated heterocycles. The molecule has 2 N–H and O–H groups in total. The third-order valence-electron chi connectivity index (χ3n) is 7.20. The molecule has 1 aromatic carbocycles. The molecule has 2 nitrogen and oxygen atoms in total. The summed E-state index contributed by atoms with van der Waals surface area (Å²) in [7, 11) is 0. The Balaban J connectivity index is 2.41. The molecule has 0 radical (unpaired) electrons. The molecule has 186 valence electrons. The maximum Gasteiger partial charge on any atom is 0.122 e. The first kappa shape index (κ1) is 28.9. The Labute approximate surface area is 200 Å². The lowest BCUT2D eigenvalue weighted by Crippen LogP contribution is -2.01. The normalized spacial score (nSPS) is 13.4. The van der Waals surface area contributed by atoms with E-state index in [1.54, 1.807) is 12.1 Å². The third-order valence-corrected chi connectivity index (χ3v) is 7.20. The van der Waals surface area contributed by atoms with Gasteiger partial charge in [0.1, 0.15) is 11.5 Å². The van der Waals surface area contributed by atoms with Gasteiger partial charge in [0.2, 0.25) is 0 Å². The van der Waals surface area contributed by atoms with Crippen LogP contribution in [0.15, 0.2) is 12.1 Å². The highest BCUT2D eigenvalue weighted by molar-refractivity contribution is 5.49. The Morgan fingerprint density at radius 1 is 0.531 bits per heavy atom. The first-order chi connectivity index (χ1) is 15.5. The van der Waals surface area contributed by atoms with E-state index in [-0.39, 0.29) is 11.8 Å². The largest absolute Gasteiger partial charge is 0.508 e. The van der Waals surface area contributed by atoms with E-state index in [0.717, 1.165) is 24.0 Å². The number of hydrogen-bond acceptors (Lipinski definition) is 2. The van der Waals surface area contributed by atoms with Crippen molar-refractivity contribution in [3.63, 3.8) is 0 Å². The Hall–Kier alpha value is -1.18. The van der Waals surface area contributed by atoms with Crippen LogP contribution < -0.4 is 0 Å². The Bertz CT molecular complexity index is 533. The zero-order valence-corrected chi connectivity index (χ0v) is 21.9. The van der Waals surface area contributed by atoms with Crippen LogP contribution in [0.3, 0.4) is 0 Å². The van der Waals surface area contributed by atoms with Gasteiger partial charge < -0.3 is 10.2 Å². The molecule has 0 fully saturated rings. The molecular weight excluding hydrogens is 392 g/mol. The van der Waals surface area contributed by atoms with Crippen LogP contribution in [0.5, 0.6) is 11.5 Å². The predicted molar refractivity (Wildman–Crippen MR) is 141 cm³/mol. The van der Waals surface area contributed by atoms with E-state index in [1.807, 2.05) is 0 Å². The highest BCUT2D eigenvalue weighted by atomic mass is 16.3. The van der Waals surface area contributed by atoms with Crippen molar-refractivity contribution in [3.8, 4) is 11.5 Å². The zero-order valence-electron chi connectivity index (χ0n) is 21.9. The fourth-order valence-corrected chi connectivity index (χ4v) is 4.89. The number of aromatic hydroxyl groups is 2. The summed E-state index contributed by atoms with van der Waals surface area (Å²) in [6.07, 6.45) is 23.3. The Kier molecular flexibility index (Phi) is 16.5. The molecule has 0 aliphatic carbocycles. The van der Waals surface area contributed by atoms with E-state index in [1.165, 1.54) is 103 Å². The lowest BCUT2D eigenvalue weighted by molar-refractivity contribution is 0.430. The van der Waals surface area contributed by atoms with Crippen molar-refractivity contribution in [1.29, 1.82) is 0 Å². The summed E-state index contributed by atoms with van der Waals surface area (Å²) < 4.78 is 0. The van der Waals surface area contributed by atoms with Gasteiger partial charge in [0.15, 0.2) is 0 Å². The molecule has 2 heteroatoms. The van der Waals surface area contributed by atoms with Crippen LogP contribution in [0.4, 0.5) is 0 Å². The molecule has 32 heavy (non-hydrogen) atoms. The Morgan fingerprint density at radius 2 is 0.844 bits per heavy atom. The summed E-state index contributed by atoms with van der Waals surface area (Å²) in [6.45, 7) is 8.92. The summed E-state index contributed by atoms with van der Waals surface area (Å²) in [6, 6.07) is 3.58. The molecule has 1 aromatic rings. The van der Waals surface area contributed by atoms with E-state index in [0.29, 0.717) is 11.5 Å². The topological polar surface area (TPSA) is 40.5 Å². The second-order valence-corrected chi connectivity index (χ2v) is 10.3. The smallest absolute Gasteiger partial charge is 0.122 e. The average Bonchev–Trinajstić information content (AvgIpc) is 2.78. The van der Waals surface area contributed by atoms with Gasteiger partial charge in [0, 0.05) is 11.1 Å². The molecule has 0 aromatic heterocycles. The van der Waals surface area contributed by atoms with E-state index < -0.39 is 0 Å². The van der Waals surface area contributed by atoms with Crippen molar-refractivity contribution in [2.24, 2.45) is 0 Å². The van der Waals surface area contributed by atoms with Gasteiger partial charge in [-0.25, -0.2) is 0 Å². The van der Waals surface area contributed by atoms with Gasteiger partial charge in [0.05, 0.1) is 0 Å². The second-order valence-electron chi connectivity index (χ2n) is 10.3. The van der Waals surface area contributed by atoms with Gasteiger partial charge in [-0.1, -0.05) is 130 Å². The fraction of sp³-hybridized carbons (Fsp3) is 0.800. The first-order valence-electron chi connectivity index (χ1n) is 14.1. The molecule has 1 rings (SSSR count). The van der Waals surface area contributed by atoms with E-state index in [9.17, 15) is 10.2 Å². The van der Waals surface area contributed by atoms with Gasteiger partial charge in [-0.05, 0) is 36.8 Å². The molecule has 0 spiro atoms. The standard InChI is InChI=1S/C30H54O2/c1-5-7-9-11-13-15-17-19-21-25(3)28-23-27(31)24-29(30(28)32)26(4)22-20-18-16-14-12-10-8-6-2/h23-26,31-32H,5-22H2,1-4H3. The second kappa shape index (κ2) is 18.3. The zero-order chi connectivity index (χ0) is 23.6. The van der Waals surface area contributed by atoms with Gasteiger partial charge in [-0.3, -0.25) is 0 Å². The highest BCUT2D eigenvalue weighted by Crippen LogP contribution is 2.40. The molecule has 2 unspecified atom stereocenters. The number of rotatable bonds is 20. The molecule has 0 bridgehead atoms. The van der Waals surface area contributed by atoms with Crippen molar-refractivity contribution in [3.05, 3.63) is 23.3 Å². The van der Waals surface area contributed by atoms with Crippen molar-refractivity contribution in [1.82, 2.24) is 0 Å². The number of hydrogen-bond donors (Lipinski definition) is 2. The molecule has 0 aliphatic heterocycles. The summed E-state index contributed by atoms with van der Waals surface area (Å²) >= 11 is 0. The lowest BCUT2D eigenvalue weighted by Gasteiger charge is -2.20. The van der Waals surface area contributed by atoms with Crippen LogP contribution in [0.1, 0.15) is 166 Å². The average molecular weight is 447 g/mol. The van der Waals surface area contributed by atoms with Gasteiger partial charge >= 0.3 is 0 Å². The minimum atomic E-state index is 0.288. The van der Waals surface area contributed by atoms with E-state index in [2.05, 4.69) is 27.7 Å². The van der Waals surface area contributed by atoms with Crippen LogP contribution >= 0.6 is 0 Å². The predicted octanol–water partition coefficient (Wildman–Crippen LogP) is 10.4. The summed E-state index contributed by atoms with van der Waals surface area (Å²) in [5.41, 5.74) is 1.87. The van der Waals surface area contributed by atoms with Crippen molar-refractivity contribution >= 4 is 0 Å². The summed E-state index contributed by atoms with van der Waals surface area (Å²) in [5.74, 6) is 1.31. The number of phenols is 2. The molecule has 2 atom stereocenters. The highest BCUT2D eigenvalue weighted by Gasteiger charge is 2.19. The molecular formula is C30H54O2. The molecule has 0 saturated carbocycles. The Morgan fingerprint density at radius 3 is 1.19 bits per heavy atom.